The molecule has 1 heterocycles. The van der Waals surface area contributed by atoms with Crippen molar-refractivity contribution in [3.63, 3.8) is 0 Å². The summed E-state index contributed by atoms with van der Waals surface area (Å²) < 4.78 is 46.7. The number of hydrogen-bond acceptors (Lipinski definition) is 14. The molecule has 4 unspecified atom stereocenters. The van der Waals surface area contributed by atoms with Gasteiger partial charge in [-0.2, -0.15) is 0 Å². The molecule has 5 rings (SSSR count). The first-order valence-corrected chi connectivity index (χ1v) is 23.6. The number of ether oxygens (including phenoxy) is 8. The first-order valence-electron chi connectivity index (χ1n) is 23.6. The lowest BCUT2D eigenvalue weighted by atomic mass is 9.76. The molecule has 364 valence electrons. The van der Waals surface area contributed by atoms with Crippen LogP contribution < -0.4 is 14.2 Å². The highest BCUT2D eigenvalue weighted by Gasteiger charge is 2.41. The van der Waals surface area contributed by atoms with Gasteiger partial charge in [-0.05, 0) is 85.2 Å². The van der Waals surface area contributed by atoms with Crippen LogP contribution in [0.15, 0.2) is 90.3 Å². The van der Waals surface area contributed by atoms with Gasteiger partial charge in [-0.3, -0.25) is 0 Å². The second-order valence-electron chi connectivity index (χ2n) is 16.6. The molecule has 0 saturated carbocycles. The van der Waals surface area contributed by atoms with Crippen LogP contribution in [0.2, 0.25) is 0 Å². The normalized spacial score (nSPS) is 16.2. The number of aldehydes is 1. The summed E-state index contributed by atoms with van der Waals surface area (Å²) in [5.74, 6) is 1.93. The highest BCUT2D eigenvalue weighted by molar-refractivity contribution is 5.89. The maximum absolute atomic E-state index is 13.8. The lowest BCUT2D eigenvalue weighted by molar-refractivity contribution is -0.113. The lowest BCUT2D eigenvalue weighted by Gasteiger charge is -2.44. The molecule has 0 spiro atoms. The predicted octanol–water partition coefficient (Wildman–Crippen LogP) is 10.6. The smallest absolute Gasteiger partial charge is 0.496 e. The van der Waals surface area contributed by atoms with E-state index in [1.807, 2.05) is 66.7 Å². The van der Waals surface area contributed by atoms with Gasteiger partial charge >= 0.3 is 12.2 Å². The average molecular weight is 929 g/mol. The Balaban J connectivity index is 1.34. The Bertz CT molecular complexity index is 2080. The van der Waals surface area contributed by atoms with Gasteiger partial charge in [0.1, 0.15) is 36.2 Å². The molecule has 0 bridgehead atoms. The first kappa shape index (κ1) is 52.0. The lowest BCUT2D eigenvalue weighted by Crippen LogP contribution is -2.52. The van der Waals surface area contributed by atoms with Gasteiger partial charge in [0.15, 0.2) is 5.34 Å². The number of benzene rings is 4. The largest absolute Gasteiger partial charge is 0.508 e. The molecule has 1 fully saturated rings. The van der Waals surface area contributed by atoms with E-state index in [2.05, 4.69) is 35.3 Å². The predicted molar refractivity (Wildman–Crippen MR) is 254 cm³/mol. The van der Waals surface area contributed by atoms with Crippen molar-refractivity contribution in [2.75, 3.05) is 67.0 Å². The number of carbonyl (C=O) groups is 3. The summed E-state index contributed by atoms with van der Waals surface area (Å²) in [7, 11) is 3.32. The minimum Gasteiger partial charge on any atom is -0.496 e. The van der Waals surface area contributed by atoms with Crippen LogP contribution in [-0.4, -0.2) is 103 Å². The van der Waals surface area contributed by atoms with Crippen molar-refractivity contribution < 1.29 is 57.1 Å². The van der Waals surface area contributed by atoms with Gasteiger partial charge in [0, 0.05) is 36.3 Å². The summed E-state index contributed by atoms with van der Waals surface area (Å²) in [5.41, 5.74) is 3.05. The fourth-order valence-electron chi connectivity index (χ4n) is 8.39. The fraction of sp³-hybridized carbons (Fsp3) is 0.519. The number of likely N-dealkylation sites (tertiary alicyclic amines) is 1. The number of hydrogen-bond donors (Lipinski definition) is 0. The van der Waals surface area contributed by atoms with E-state index in [1.165, 1.54) is 0 Å². The van der Waals surface area contributed by atoms with E-state index in [0.717, 1.165) is 64.6 Å². The number of aryl methyl sites for hydroxylation is 1. The SMILES string of the molecule is CCCCCCOC(=O)OC(CC=O)COC1CN(C(=O)OCCCCCON=O)CC(CCc2cc(OC)c3ccccc3c2)C1c1ccc(OCCCOCc2ccccc2OC)cc1. The van der Waals surface area contributed by atoms with Crippen LogP contribution in [0.4, 0.5) is 9.59 Å². The molecule has 0 aromatic heterocycles. The molecule has 4 aromatic rings. The van der Waals surface area contributed by atoms with Crippen LogP contribution in [0.3, 0.4) is 0 Å². The van der Waals surface area contributed by atoms with Gasteiger partial charge in [0.2, 0.25) is 0 Å². The zero-order valence-corrected chi connectivity index (χ0v) is 39.3. The highest BCUT2D eigenvalue weighted by Crippen LogP contribution is 2.39. The number of unbranched alkanes of at least 4 members (excludes halogenated alkanes) is 5. The molecule has 4 atom stereocenters. The molecule has 0 N–H and O–H groups in total. The van der Waals surface area contributed by atoms with Crippen LogP contribution in [-0.2, 0) is 46.3 Å². The zero-order chi connectivity index (χ0) is 47.5. The summed E-state index contributed by atoms with van der Waals surface area (Å²) in [5, 5.41) is 4.52. The molecule has 67 heavy (non-hydrogen) atoms. The molecule has 1 aliphatic rings. The summed E-state index contributed by atoms with van der Waals surface area (Å²) in [6.07, 6.45) is 5.44. The van der Waals surface area contributed by atoms with Gasteiger partial charge in [-0.1, -0.05) is 86.8 Å². The molecule has 0 radical (unpaired) electrons. The minimum atomic E-state index is -0.903. The van der Waals surface area contributed by atoms with Crippen LogP contribution >= 0.6 is 0 Å². The monoisotopic (exact) mass is 928 g/mol. The Morgan fingerprint density at radius 2 is 1.54 bits per heavy atom. The minimum absolute atomic E-state index is 0.0905. The van der Waals surface area contributed by atoms with Crippen LogP contribution in [0.5, 0.6) is 17.2 Å². The average Bonchev–Trinajstić information content (AvgIpc) is 3.35. The molecule has 15 heteroatoms. The Hall–Kier alpha value is -5.93. The number of rotatable bonds is 31. The maximum atomic E-state index is 13.8. The van der Waals surface area contributed by atoms with E-state index >= 15 is 0 Å². The van der Waals surface area contributed by atoms with E-state index in [4.69, 9.17) is 37.9 Å². The summed E-state index contributed by atoms with van der Waals surface area (Å²) in [6, 6.07) is 28.1. The number of para-hydroxylation sites is 1. The van der Waals surface area contributed by atoms with Crippen LogP contribution in [0, 0.1) is 10.8 Å². The third-order valence-corrected chi connectivity index (χ3v) is 11.8. The van der Waals surface area contributed by atoms with Crippen molar-refractivity contribution in [3.05, 3.63) is 107 Å². The highest BCUT2D eigenvalue weighted by atomic mass is 16.7. The van der Waals surface area contributed by atoms with Crippen LogP contribution in [0.25, 0.3) is 10.8 Å². The Labute approximate surface area is 394 Å². The van der Waals surface area contributed by atoms with Gasteiger partial charge in [0.25, 0.3) is 0 Å². The summed E-state index contributed by atoms with van der Waals surface area (Å²) in [6.45, 7) is 4.61. The Morgan fingerprint density at radius 1 is 0.791 bits per heavy atom. The fourth-order valence-corrected chi connectivity index (χ4v) is 8.39. The van der Waals surface area contributed by atoms with Gasteiger partial charge in [-0.15, -0.1) is 4.91 Å². The Kier molecular flexibility index (Phi) is 23.0. The van der Waals surface area contributed by atoms with Crippen molar-refractivity contribution >= 4 is 29.3 Å². The van der Waals surface area contributed by atoms with Crippen molar-refractivity contribution in [2.24, 2.45) is 11.3 Å². The third kappa shape index (κ3) is 17.3. The molecule has 0 aliphatic carbocycles. The third-order valence-electron chi connectivity index (χ3n) is 11.8. The summed E-state index contributed by atoms with van der Waals surface area (Å²) in [4.78, 5) is 54.9. The molecule has 4 aromatic carbocycles. The quantitative estimate of drug-likeness (QED) is 0.0154. The molecule has 1 amide bonds. The van der Waals surface area contributed by atoms with Gasteiger partial charge < -0.3 is 52.4 Å². The number of amides is 1. The van der Waals surface area contributed by atoms with Crippen molar-refractivity contribution in [3.8, 4) is 17.2 Å². The topological polar surface area (TPSA) is 167 Å². The second-order valence-corrected chi connectivity index (χ2v) is 16.6. The van der Waals surface area contributed by atoms with E-state index < -0.39 is 24.5 Å². The van der Waals surface area contributed by atoms with Gasteiger partial charge in [0.05, 0.1) is 66.5 Å². The number of carbonyl (C=O) groups excluding carboxylic acids is 3. The van der Waals surface area contributed by atoms with E-state index in [9.17, 15) is 19.3 Å². The first-order chi connectivity index (χ1) is 32.9. The summed E-state index contributed by atoms with van der Waals surface area (Å²) >= 11 is 0. The maximum Gasteiger partial charge on any atom is 0.508 e. The molecule has 15 nitrogen and oxygen atoms in total. The zero-order valence-electron chi connectivity index (χ0n) is 39.3. The second kappa shape index (κ2) is 29.7. The van der Waals surface area contributed by atoms with Crippen molar-refractivity contribution in [2.45, 2.75) is 102 Å². The molecular weight excluding hydrogens is 861 g/mol. The van der Waals surface area contributed by atoms with Crippen molar-refractivity contribution in [1.29, 1.82) is 0 Å². The molecule has 1 aliphatic heterocycles. The molecule has 1 saturated heterocycles. The number of nitrogens with zero attached hydrogens (tertiary/aromatic N) is 2. The van der Waals surface area contributed by atoms with Crippen molar-refractivity contribution in [1.82, 2.24) is 4.90 Å². The molecular formula is C52H68N2O13. The number of methoxy groups -OCH3 is 2. The van der Waals surface area contributed by atoms with E-state index in [1.54, 1.807) is 19.1 Å². The van der Waals surface area contributed by atoms with Gasteiger partial charge in [-0.25, -0.2) is 9.59 Å². The number of piperidine rings is 1. The Morgan fingerprint density at radius 3 is 2.31 bits per heavy atom. The van der Waals surface area contributed by atoms with E-state index in [0.29, 0.717) is 76.9 Å². The van der Waals surface area contributed by atoms with E-state index in [-0.39, 0.29) is 51.2 Å². The van der Waals surface area contributed by atoms with Crippen LogP contribution in [0.1, 0.15) is 93.7 Å². The standard InChI is InChI=1S/C52H68N2O13/c1-4-5-6-12-30-64-52(57)67-45(26-27-55)38-65-49-36-54(51(56)63-29-13-7-14-32-66-53-58)35-42(21-20-39-33-41-16-8-10-18-46(41)48(34-39)60-3)50(49)40-22-24-44(25-23-40)62-31-15-28-61-37-43-17-9-11-19-47(43)59-2/h8-11,16-19,22-25,27,33-34,42,45,49-50H,4-7,12-15,20-21,26,28-32,35-38H2,1-3H3. The number of fused-ring (bicyclic) bond motifs is 1.